The van der Waals surface area contributed by atoms with E-state index in [0.29, 0.717) is 0 Å². The monoisotopic (exact) mass is 272 g/mol. The van der Waals surface area contributed by atoms with Gasteiger partial charge in [0.25, 0.3) is 0 Å². The molecule has 1 N–H and O–H groups in total. The van der Waals surface area contributed by atoms with Crippen LogP contribution in [0.15, 0.2) is 16.6 Å². The summed E-state index contributed by atoms with van der Waals surface area (Å²) in [5.74, 6) is 0.843. The standard InChI is InChI=1S/C9H9BrN2OS/c1-11-9-12-8-6(10)3-5(13-2)4-7(8)14-9/h3-4H,1-2H3,(H,11,12). The van der Waals surface area contributed by atoms with Gasteiger partial charge in [0.15, 0.2) is 5.13 Å². The van der Waals surface area contributed by atoms with Crippen molar-refractivity contribution in [2.75, 3.05) is 19.5 Å². The van der Waals surface area contributed by atoms with E-state index >= 15 is 0 Å². The normalized spacial score (nSPS) is 10.5. The zero-order valence-corrected chi connectivity index (χ0v) is 10.2. The second kappa shape index (κ2) is 3.74. The largest absolute Gasteiger partial charge is 0.497 e. The van der Waals surface area contributed by atoms with Crippen LogP contribution in [0.2, 0.25) is 0 Å². The number of hydrogen-bond donors (Lipinski definition) is 1. The number of nitrogens with zero attached hydrogens (tertiary/aromatic N) is 1. The fourth-order valence-corrected chi connectivity index (χ4v) is 2.72. The lowest BCUT2D eigenvalue weighted by atomic mass is 10.3. The highest BCUT2D eigenvalue weighted by atomic mass is 79.9. The summed E-state index contributed by atoms with van der Waals surface area (Å²) >= 11 is 5.08. The smallest absolute Gasteiger partial charge is 0.183 e. The molecule has 2 aromatic rings. The number of aromatic nitrogens is 1. The second-order valence-corrected chi connectivity index (χ2v) is 4.61. The Morgan fingerprint density at radius 1 is 1.50 bits per heavy atom. The Balaban J connectivity index is 2.67. The molecule has 0 amide bonds. The highest BCUT2D eigenvalue weighted by Gasteiger charge is 2.07. The lowest BCUT2D eigenvalue weighted by molar-refractivity contribution is 0.415. The molecule has 0 unspecified atom stereocenters. The van der Waals surface area contributed by atoms with E-state index in [4.69, 9.17) is 4.74 Å². The van der Waals surface area contributed by atoms with Crippen LogP contribution in [0.5, 0.6) is 5.75 Å². The minimum absolute atomic E-state index is 0.843. The SMILES string of the molecule is CNc1nc2c(Br)cc(OC)cc2s1. The minimum Gasteiger partial charge on any atom is -0.497 e. The van der Waals surface area contributed by atoms with Crippen molar-refractivity contribution in [1.29, 1.82) is 0 Å². The van der Waals surface area contributed by atoms with Crippen molar-refractivity contribution in [3.63, 3.8) is 0 Å². The first-order chi connectivity index (χ1) is 6.74. The number of anilines is 1. The number of nitrogens with one attached hydrogen (secondary N) is 1. The van der Waals surface area contributed by atoms with Gasteiger partial charge in [-0.2, -0.15) is 0 Å². The molecule has 0 aliphatic carbocycles. The van der Waals surface area contributed by atoms with E-state index in [0.717, 1.165) is 25.6 Å². The predicted molar refractivity (Wildman–Crippen MR) is 63.4 cm³/mol. The molecule has 0 aliphatic heterocycles. The number of ether oxygens (including phenoxy) is 1. The molecule has 0 saturated carbocycles. The van der Waals surface area contributed by atoms with Crippen LogP contribution in [0.1, 0.15) is 0 Å². The molecule has 0 spiro atoms. The van der Waals surface area contributed by atoms with Crippen molar-refractivity contribution in [1.82, 2.24) is 4.98 Å². The Morgan fingerprint density at radius 3 is 2.93 bits per heavy atom. The number of hydrogen-bond acceptors (Lipinski definition) is 4. The van der Waals surface area contributed by atoms with Crippen LogP contribution in [0, 0.1) is 0 Å². The van der Waals surface area contributed by atoms with Gasteiger partial charge < -0.3 is 10.1 Å². The maximum atomic E-state index is 5.17. The Hall–Kier alpha value is -0.810. The molecule has 0 bridgehead atoms. The third-order valence-corrected chi connectivity index (χ3v) is 3.50. The van der Waals surface area contributed by atoms with Crippen molar-refractivity contribution in [3.8, 4) is 5.75 Å². The van der Waals surface area contributed by atoms with Gasteiger partial charge in [0.05, 0.1) is 17.3 Å². The number of rotatable bonds is 2. The maximum Gasteiger partial charge on any atom is 0.183 e. The van der Waals surface area contributed by atoms with Crippen LogP contribution < -0.4 is 10.1 Å². The van der Waals surface area contributed by atoms with E-state index in [1.807, 2.05) is 19.2 Å². The fourth-order valence-electron chi connectivity index (χ4n) is 1.19. The van der Waals surface area contributed by atoms with Gasteiger partial charge in [-0.05, 0) is 28.1 Å². The number of benzene rings is 1. The molecule has 0 atom stereocenters. The summed E-state index contributed by atoms with van der Waals surface area (Å²) < 4.78 is 7.25. The van der Waals surface area contributed by atoms with Crippen LogP contribution in [0.4, 0.5) is 5.13 Å². The van der Waals surface area contributed by atoms with Crippen molar-refractivity contribution in [2.45, 2.75) is 0 Å². The molecule has 1 aromatic carbocycles. The third kappa shape index (κ3) is 1.57. The van der Waals surface area contributed by atoms with Crippen LogP contribution in [0.3, 0.4) is 0 Å². The first-order valence-electron chi connectivity index (χ1n) is 4.06. The molecule has 5 heteroatoms. The minimum atomic E-state index is 0.843. The van der Waals surface area contributed by atoms with Crippen molar-refractivity contribution >= 4 is 42.6 Å². The summed E-state index contributed by atoms with van der Waals surface area (Å²) in [6.45, 7) is 0. The van der Waals surface area contributed by atoms with Crippen molar-refractivity contribution < 1.29 is 4.74 Å². The molecule has 0 fully saturated rings. The molecule has 0 radical (unpaired) electrons. The fraction of sp³-hybridized carbons (Fsp3) is 0.222. The lowest BCUT2D eigenvalue weighted by Crippen LogP contribution is -1.84. The van der Waals surface area contributed by atoms with Crippen molar-refractivity contribution in [3.05, 3.63) is 16.6 Å². The van der Waals surface area contributed by atoms with E-state index in [1.165, 1.54) is 0 Å². The van der Waals surface area contributed by atoms with E-state index in [-0.39, 0.29) is 0 Å². The first kappa shape index (κ1) is 9.73. The van der Waals surface area contributed by atoms with E-state index < -0.39 is 0 Å². The number of fused-ring (bicyclic) bond motifs is 1. The zero-order valence-electron chi connectivity index (χ0n) is 7.80. The second-order valence-electron chi connectivity index (χ2n) is 2.72. The van der Waals surface area contributed by atoms with Crippen LogP contribution in [-0.2, 0) is 0 Å². The number of halogens is 1. The Labute approximate surface area is 94.2 Å². The average molecular weight is 273 g/mol. The molecule has 0 saturated heterocycles. The maximum absolute atomic E-state index is 5.17. The zero-order chi connectivity index (χ0) is 10.1. The molecule has 3 nitrogen and oxygen atoms in total. The average Bonchev–Trinajstić information content (AvgIpc) is 2.61. The van der Waals surface area contributed by atoms with Gasteiger partial charge in [0, 0.05) is 11.5 Å². The van der Waals surface area contributed by atoms with Gasteiger partial charge in [-0.15, -0.1) is 0 Å². The number of methoxy groups -OCH3 is 1. The summed E-state index contributed by atoms with van der Waals surface area (Å²) in [6.07, 6.45) is 0. The Kier molecular flexibility index (Phi) is 2.60. The van der Waals surface area contributed by atoms with Crippen LogP contribution >= 0.6 is 27.3 Å². The summed E-state index contributed by atoms with van der Waals surface area (Å²) in [7, 11) is 3.52. The quantitative estimate of drug-likeness (QED) is 0.912. The molecule has 74 valence electrons. The molecule has 14 heavy (non-hydrogen) atoms. The molecule has 1 aromatic heterocycles. The van der Waals surface area contributed by atoms with E-state index in [2.05, 4.69) is 26.2 Å². The Bertz CT molecular complexity index is 469. The topological polar surface area (TPSA) is 34.2 Å². The van der Waals surface area contributed by atoms with Gasteiger partial charge in [-0.3, -0.25) is 0 Å². The number of thiazole rings is 1. The van der Waals surface area contributed by atoms with Gasteiger partial charge in [-0.1, -0.05) is 11.3 Å². The molecular weight excluding hydrogens is 264 g/mol. The highest BCUT2D eigenvalue weighted by molar-refractivity contribution is 9.10. The van der Waals surface area contributed by atoms with Gasteiger partial charge in [0.1, 0.15) is 5.75 Å². The van der Waals surface area contributed by atoms with Crippen molar-refractivity contribution in [2.24, 2.45) is 0 Å². The lowest BCUT2D eigenvalue weighted by Gasteiger charge is -1.99. The van der Waals surface area contributed by atoms with Gasteiger partial charge in [-0.25, -0.2) is 4.98 Å². The summed E-state index contributed by atoms with van der Waals surface area (Å²) in [6, 6.07) is 3.90. The third-order valence-electron chi connectivity index (χ3n) is 1.87. The van der Waals surface area contributed by atoms with Crippen LogP contribution in [-0.4, -0.2) is 19.1 Å². The first-order valence-corrected chi connectivity index (χ1v) is 5.67. The van der Waals surface area contributed by atoms with E-state index in [1.54, 1.807) is 18.4 Å². The van der Waals surface area contributed by atoms with Gasteiger partial charge >= 0.3 is 0 Å². The highest BCUT2D eigenvalue weighted by Crippen LogP contribution is 2.34. The Morgan fingerprint density at radius 2 is 2.29 bits per heavy atom. The molecule has 2 rings (SSSR count). The molecule has 1 heterocycles. The summed E-state index contributed by atoms with van der Waals surface area (Å²) in [5.41, 5.74) is 0.972. The van der Waals surface area contributed by atoms with E-state index in [9.17, 15) is 0 Å². The molecular formula is C9H9BrN2OS. The molecule has 0 aliphatic rings. The van der Waals surface area contributed by atoms with Gasteiger partial charge in [0.2, 0.25) is 0 Å². The predicted octanol–water partition coefficient (Wildman–Crippen LogP) is 3.11. The summed E-state index contributed by atoms with van der Waals surface area (Å²) in [4.78, 5) is 4.41. The summed E-state index contributed by atoms with van der Waals surface area (Å²) in [5, 5.41) is 3.94. The van der Waals surface area contributed by atoms with Crippen LogP contribution in [0.25, 0.3) is 10.2 Å².